The van der Waals surface area contributed by atoms with Crippen LogP contribution in [-0.4, -0.2) is 47.0 Å². The van der Waals surface area contributed by atoms with Gasteiger partial charge in [-0.2, -0.15) is 5.10 Å². The molecule has 0 atom stereocenters. The van der Waals surface area contributed by atoms with Crippen LogP contribution in [-0.2, 0) is 11.3 Å². The number of aryl methyl sites for hydroxylation is 1. The number of carbonyl (C=O) groups is 1. The average Bonchev–Trinajstić information content (AvgIpc) is 3.19. The van der Waals surface area contributed by atoms with Gasteiger partial charge in [0.15, 0.2) is 22.8 Å². The zero-order valence-corrected chi connectivity index (χ0v) is 19.3. The van der Waals surface area contributed by atoms with Crippen molar-refractivity contribution in [1.29, 1.82) is 0 Å². The summed E-state index contributed by atoms with van der Waals surface area (Å²) in [5.41, 5.74) is 3.80. The quantitative estimate of drug-likeness (QED) is 0.435. The van der Waals surface area contributed by atoms with Crippen molar-refractivity contribution in [2.45, 2.75) is 13.5 Å². The number of amides is 1. The van der Waals surface area contributed by atoms with Crippen LogP contribution in [0.25, 0.3) is 16.8 Å². The highest BCUT2D eigenvalue weighted by atomic mass is 35.5. The van der Waals surface area contributed by atoms with Crippen molar-refractivity contribution in [1.82, 2.24) is 19.8 Å². The van der Waals surface area contributed by atoms with Gasteiger partial charge in [0.25, 0.3) is 5.91 Å². The molecule has 0 spiro atoms. The lowest BCUT2D eigenvalue weighted by Crippen LogP contribution is -2.18. The van der Waals surface area contributed by atoms with Crippen molar-refractivity contribution in [2.24, 2.45) is 0 Å². The minimum atomic E-state index is -0.438. The van der Waals surface area contributed by atoms with Gasteiger partial charge in [0.05, 0.1) is 48.5 Å². The number of aromatic nitrogens is 4. The lowest BCUT2D eigenvalue weighted by Gasteiger charge is -2.10. The third kappa shape index (κ3) is 4.20. The van der Waals surface area contributed by atoms with Gasteiger partial charge < -0.3 is 19.5 Å². The molecule has 0 bridgehead atoms. The molecule has 1 N–H and O–H groups in total. The predicted octanol–water partition coefficient (Wildman–Crippen LogP) is 4.17. The molecule has 1 amide bonds. The first kappa shape index (κ1) is 22.5. The number of hydrogen-bond acceptors (Lipinski definition) is 7. The molecule has 0 aliphatic carbocycles. The van der Waals surface area contributed by atoms with Crippen molar-refractivity contribution < 1.29 is 19.0 Å². The highest BCUT2D eigenvalue weighted by molar-refractivity contribution is 6.33. The van der Waals surface area contributed by atoms with Gasteiger partial charge in [0, 0.05) is 7.11 Å². The molecule has 4 rings (SSSR count). The van der Waals surface area contributed by atoms with Gasteiger partial charge in [-0.15, -0.1) is 10.2 Å². The van der Waals surface area contributed by atoms with E-state index in [1.54, 1.807) is 63.1 Å². The third-order valence-electron chi connectivity index (χ3n) is 5.13. The Bertz CT molecular complexity index is 1340. The Morgan fingerprint density at radius 2 is 1.82 bits per heavy atom. The van der Waals surface area contributed by atoms with E-state index in [4.69, 9.17) is 25.8 Å². The molecule has 0 aliphatic rings. The van der Waals surface area contributed by atoms with E-state index < -0.39 is 5.91 Å². The van der Waals surface area contributed by atoms with Crippen molar-refractivity contribution in [3.8, 4) is 22.6 Å². The number of para-hydroxylation sites is 1. The van der Waals surface area contributed by atoms with Gasteiger partial charge in [-0.3, -0.25) is 4.79 Å². The second kappa shape index (κ2) is 9.43. The van der Waals surface area contributed by atoms with Crippen LogP contribution in [0.4, 0.5) is 5.69 Å². The van der Waals surface area contributed by atoms with Crippen LogP contribution in [0, 0.1) is 6.92 Å². The van der Waals surface area contributed by atoms with Gasteiger partial charge >= 0.3 is 0 Å². The van der Waals surface area contributed by atoms with Crippen molar-refractivity contribution >= 4 is 28.8 Å². The van der Waals surface area contributed by atoms with E-state index in [0.717, 1.165) is 11.1 Å². The van der Waals surface area contributed by atoms with Crippen LogP contribution in [0.2, 0.25) is 5.02 Å². The van der Waals surface area contributed by atoms with Gasteiger partial charge in [-0.1, -0.05) is 29.8 Å². The van der Waals surface area contributed by atoms with E-state index in [9.17, 15) is 4.79 Å². The zero-order chi connectivity index (χ0) is 23.5. The number of fused-ring (bicyclic) bond motifs is 1. The normalized spacial score (nSPS) is 10.9. The summed E-state index contributed by atoms with van der Waals surface area (Å²) < 4.78 is 17.7. The number of halogens is 1. The molecule has 0 saturated carbocycles. The topological polar surface area (TPSA) is 99.9 Å². The standard InChI is InChI=1S/C23H22ClN5O4/c1-13-21(23(30)25-16-8-6-5-7-15(16)24)26-27-22-20(17(12-31-2)28-29(13)22)14-9-10-18(32-3)19(11-14)33-4/h5-11H,12H2,1-4H3,(H,25,30). The molecule has 0 fully saturated rings. The molecule has 2 aromatic carbocycles. The number of carbonyl (C=O) groups excluding carboxylic acids is 1. The molecule has 2 aromatic heterocycles. The summed E-state index contributed by atoms with van der Waals surface area (Å²) in [6.07, 6.45) is 0. The maximum atomic E-state index is 12.9. The monoisotopic (exact) mass is 467 g/mol. The largest absolute Gasteiger partial charge is 0.493 e. The first-order chi connectivity index (χ1) is 16.0. The van der Waals surface area contributed by atoms with E-state index in [1.165, 1.54) is 0 Å². The molecule has 0 saturated heterocycles. The highest BCUT2D eigenvalue weighted by Gasteiger charge is 2.23. The van der Waals surface area contributed by atoms with E-state index in [2.05, 4.69) is 20.6 Å². The van der Waals surface area contributed by atoms with E-state index in [-0.39, 0.29) is 12.3 Å². The summed E-state index contributed by atoms with van der Waals surface area (Å²) in [4.78, 5) is 12.9. The van der Waals surface area contributed by atoms with Crippen LogP contribution < -0.4 is 14.8 Å². The number of rotatable bonds is 7. The summed E-state index contributed by atoms with van der Waals surface area (Å²) in [5, 5.41) is 16.4. The van der Waals surface area contributed by atoms with Crippen LogP contribution in [0.15, 0.2) is 42.5 Å². The lowest BCUT2D eigenvalue weighted by atomic mass is 10.1. The fraction of sp³-hybridized carbons (Fsp3) is 0.217. The molecular formula is C23H22ClN5O4. The smallest absolute Gasteiger partial charge is 0.278 e. The number of benzene rings is 2. The number of hydrogen-bond donors (Lipinski definition) is 1. The van der Waals surface area contributed by atoms with Crippen LogP contribution in [0.5, 0.6) is 11.5 Å². The maximum Gasteiger partial charge on any atom is 0.278 e. The fourth-order valence-electron chi connectivity index (χ4n) is 3.53. The summed E-state index contributed by atoms with van der Waals surface area (Å²) in [6.45, 7) is 2.00. The molecule has 9 nitrogen and oxygen atoms in total. The lowest BCUT2D eigenvalue weighted by molar-refractivity contribution is 0.102. The number of nitrogens with one attached hydrogen (secondary N) is 1. The zero-order valence-electron chi connectivity index (χ0n) is 18.5. The third-order valence-corrected chi connectivity index (χ3v) is 5.46. The number of ether oxygens (including phenoxy) is 3. The Kier molecular flexibility index (Phi) is 6.43. The molecule has 0 unspecified atom stereocenters. The Hall–Kier alpha value is -3.69. The van der Waals surface area contributed by atoms with Crippen molar-refractivity contribution in [3.05, 3.63) is 64.6 Å². The summed E-state index contributed by atoms with van der Waals surface area (Å²) in [5.74, 6) is 0.733. The van der Waals surface area contributed by atoms with Gasteiger partial charge in [-0.25, -0.2) is 4.52 Å². The second-order valence-electron chi connectivity index (χ2n) is 7.13. The molecule has 0 aliphatic heterocycles. The predicted molar refractivity (Wildman–Crippen MR) is 124 cm³/mol. The molecule has 170 valence electrons. The first-order valence-corrected chi connectivity index (χ1v) is 10.4. The van der Waals surface area contributed by atoms with Gasteiger partial charge in [0.1, 0.15) is 0 Å². The van der Waals surface area contributed by atoms with Crippen molar-refractivity contribution in [2.75, 3.05) is 26.6 Å². The number of methoxy groups -OCH3 is 3. The Balaban J connectivity index is 1.82. The molecule has 0 radical (unpaired) electrons. The molecule has 10 heteroatoms. The van der Waals surface area contributed by atoms with Gasteiger partial charge in [0.2, 0.25) is 0 Å². The fourth-order valence-corrected chi connectivity index (χ4v) is 3.71. The number of anilines is 1. The minimum absolute atomic E-state index is 0.132. The van der Waals surface area contributed by atoms with Crippen LogP contribution >= 0.6 is 11.6 Å². The van der Waals surface area contributed by atoms with Crippen molar-refractivity contribution in [3.63, 3.8) is 0 Å². The Morgan fingerprint density at radius 1 is 1.06 bits per heavy atom. The molecule has 2 heterocycles. The number of nitrogens with zero attached hydrogens (tertiary/aromatic N) is 4. The summed E-state index contributed by atoms with van der Waals surface area (Å²) in [6, 6.07) is 12.5. The molecular weight excluding hydrogens is 446 g/mol. The maximum absolute atomic E-state index is 12.9. The molecule has 33 heavy (non-hydrogen) atoms. The summed E-state index contributed by atoms with van der Waals surface area (Å²) >= 11 is 6.16. The summed E-state index contributed by atoms with van der Waals surface area (Å²) in [7, 11) is 4.73. The van der Waals surface area contributed by atoms with Crippen LogP contribution in [0.1, 0.15) is 21.9 Å². The van der Waals surface area contributed by atoms with E-state index in [1.807, 2.05) is 12.1 Å². The SMILES string of the molecule is COCc1nn2c(C)c(C(=O)Nc3ccccc3Cl)nnc2c1-c1ccc(OC)c(OC)c1. The Morgan fingerprint density at radius 3 is 2.52 bits per heavy atom. The van der Waals surface area contributed by atoms with Crippen LogP contribution in [0.3, 0.4) is 0 Å². The minimum Gasteiger partial charge on any atom is -0.493 e. The average molecular weight is 468 g/mol. The Labute approximate surface area is 195 Å². The van der Waals surface area contributed by atoms with Gasteiger partial charge in [-0.05, 0) is 36.8 Å². The van der Waals surface area contributed by atoms with E-state index >= 15 is 0 Å². The van der Waals surface area contributed by atoms with E-state index in [0.29, 0.717) is 39.2 Å². The first-order valence-electron chi connectivity index (χ1n) is 10.0. The molecule has 4 aromatic rings. The second-order valence-corrected chi connectivity index (χ2v) is 7.54. The highest BCUT2D eigenvalue weighted by Crippen LogP contribution is 2.35.